The van der Waals surface area contributed by atoms with E-state index in [1.54, 1.807) is 37.3 Å². The van der Waals surface area contributed by atoms with E-state index in [9.17, 15) is 8.42 Å². The Morgan fingerprint density at radius 3 is 2.71 bits per heavy atom. The van der Waals surface area contributed by atoms with Gasteiger partial charge in [-0.3, -0.25) is 5.41 Å². The Morgan fingerprint density at radius 1 is 1.25 bits per heavy atom. The molecule has 0 atom stereocenters. The second kappa shape index (κ2) is 6.97. The number of hydrogen-bond donors (Lipinski definition) is 1. The normalized spacial score (nSPS) is 11.6. The molecule has 3 aromatic heterocycles. The molecule has 28 heavy (non-hydrogen) atoms. The highest BCUT2D eigenvalue weighted by molar-refractivity contribution is 7.90. The van der Waals surface area contributed by atoms with Crippen molar-refractivity contribution in [1.82, 2.24) is 8.96 Å². The quantitative estimate of drug-likeness (QED) is 0.408. The number of rotatable bonds is 5. The summed E-state index contributed by atoms with van der Waals surface area (Å²) in [4.78, 5) is 4.50. The van der Waals surface area contributed by atoms with Crippen LogP contribution in [-0.2, 0) is 14.8 Å². The van der Waals surface area contributed by atoms with Crippen molar-refractivity contribution in [3.05, 3.63) is 72.9 Å². The third kappa shape index (κ3) is 2.97. The van der Waals surface area contributed by atoms with E-state index in [1.807, 2.05) is 0 Å². The number of nitrogens with one attached hydrogen (secondary N) is 1. The Morgan fingerprint density at radius 2 is 2.04 bits per heavy atom. The van der Waals surface area contributed by atoms with Crippen molar-refractivity contribution >= 4 is 27.0 Å². The first kappa shape index (κ1) is 18.0. The Kier molecular flexibility index (Phi) is 4.48. The molecule has 8 heteroatoms. The van der Waals surface area contributed by atoms with Crippen molar-refractivity contribution in [2.45, 2.75) is 11.8 Å². The summed E-state index contributed by atoms with van der Waals surface area (Å²) < 4.78 is 37.9. The van der Waals surface area contributed by atoms with Gasteiger partial charge in [0.15, 0.2) is 5.65 Å². The summed E-state index contributed by atoms with van der Waals surface area (Å²) >= 11 is 0. The van der Waals surface area contributed by atoms with Crippen LogP contribution in [0.2, 0.25) is 0 Å². The SMILES string of the molecule is CCOC(=N)c1cnc2c(c1)c(-c1ccoc1)cn2S(=O)(=O)c1ccccc1. The summed E-state index contributed by atoms with van der Waals surface area (Å²) in [5.41, 5.74) is 2.10. The van der Waals surface area contributed by atoms with Gasteiger partial charge in [0.2, 0.25) is 5.90 Å². The van der Waals surface area contributed by atoms with E-state index < -0.39 is 10.0 Å². The van der Waals surface area contributed by atoms with Crippen molar-refractivity contribution < 1.29 is 17.6 Å². The van der Waals surface area contributed by atoms with Crippen LogP contribution in [0.1, 0.15) is 12.5 Å². The largest absolute Gasteiger partial charge is 0.478 e. The van der Waals surface area contributed by atoms with Crippen molar-refractivity contribution in [2.24, 2.45) is 0 Å². The van der Waals surface area contributed by atoms with E-state index >= 15 is 0 Å². The summed E-state index contributed by atoms with van der Waals surface area (Å²) in [7, 11) is -3.84. The Balaban J connectivity index is 1.97. The first-order chi connectivity index (χ1) is 13.5. The predicted molar refractivity (Wildman–Crippen MR) is 105 cm³/mol. The first-order valence-corrected chi connectivity index (χ1v) is 10.0. The number of benzene rings is 1. The third-order valence-corrected chi connectivity index (χ3v) is 5.96. The Labute approximate surface area is 161 Å². The third-order valence-electron chi connectivity index (χ3n) is 4.29. The van der Waals surface area contributed by atoms with Crippen molar-refractivity contribution in [2.75, 3.05) is 6.61 Å². The second-order valence-electron chi connectivity index (χ2n) is 6.03. The maximum atomic E-state index is 13.2. The minimum absolute atomic E-state index is 0.0197. The molecule has 0 spiro atoms. The summed E-state index contributed by atoms with van der Waals surface area (Å²) in [6.07, 6.45) is 6.02. The zero-order chi connectivity index (χ0) is 19.7. The van der Waals surface area contributed by atoms with Gasteiger partial charge < -0.3 is 9.15 Å². The smallest absolute Gasteiger partial charge is 0.269 e. The van der Waals surface area contributed by atoms with Crippen LogP contribution in [0.15, 0.2) is 76.7 Å². The Bertz CT molecular complexity index is 1240. The molecule has 0 aliphatic rings. The number of hydrogen-bond acceptors (Lipinski definition) is 6. The standard InChI is InChI=1S/C20H17N3O4S/c1-2-27-19(21)15-10-17-18(14-8-9-26-13-14)12-23(20(17)22-11-15)28(24,25)16-6-4-3-5-7-16/h3-13,21H,2H2,1H3. The van der Waals surface area contributed by atoms with Crippen molar-refractivity contribution in [3.8, 4) is 11.1 Å². The molecule has 0 saturated carbocycles. The lowest BCUT2D eigenvalue weighted by molar-refractivity contribution is 0.325. The lowest BCUT2D eigenvalue weighted by atomic mass is 10.1. The summed E-state index contributed by atoms with van der Waals surface area (Å²) in [6.45, 7) is 2.15. The number of pyridine rings is 1. The number of aromatic nitrogens is 2. The molecular weight excluding hydrogens is 378 g/mol. The fourth-order valence-electron chi connectivity index (χ4n) is 2.97. The van der Waals surface area contributed by atoms with Crippen LogP contribution < -0.4 is 0 Å². The van der Waals surface area contributed by atoms with Gasteiger partial charge in [0.1, 0.15) is 0 Å². The molecule has 0 fully saturated rings. The number of furan rings is 1. The zero-order valence-electron chi connectivity index (χ0n) is 15.0. The van der Waals surface area contributed by atoms with Crippen molar-refractivity contribution in [3.63, 3.8) is 0 Å². The fourth-order valence-corrected chi connectivity index (χ4v) is 4.31. The van der Waals surface area contributed by atoms with Crippen LogP contribution in [0.5, 0.6) is 0 Å². The zero-order valence-corrected chi connectivity index (χ0v) is 15.8. The van der Waals surface area contributed by atoms with E-state index in [0.29, 0.717) is 28.7 Å². The van der Waals surface area contributed by atoms with Gasteiger partial charge in [-0.05, 0) is 31.2 Å². The molecule has 142 valence electrons. The molecular formula is C20H17N3O4S. The van der Waals surface area contributed by atoms with E-state index in [-0.39, 0.29) is 16.4 Å². The molecule has 0 unspecified atom stereocenters. The second-order valence-corrected chi connectivity index (χ2v) is 7.84. The molecule has 1 N–H and O–H groups in total. The number of fused-ring (bicyclic) bond motifs is 1. The van der Waals surface area contributed by atoms with Gasteiger partial charge in [-0.15, -0.1) is 0 Å². The van der Waals surface area contributed by atoms with E-state index in [2.05, 4.69) is 4.98 Å². The average molecular weight is 395 g/mol. The van der Waals surface area contributed by atoms with Crippen LogP contribution in [0.25, 0.3) is 22.2 Å². The lowest BCUT2D eigenvalue weighted by Crippen LogP contribution is -2.12. The van der Waals surface area contributed by atoms with E-state index in [1.165, 1.54) is 37.1 Å². The average Bonchev–Trinajstić information content (AvgIpc) is 3.36. The number of ether oxygens (including phenoxy) is 1. The number of nitrogens with zero attached hydrogens (tertiary/aromatic N) is 2. The molecule has 3 heterocycles. The highest BCUT2D eigenvalue weighted by atomic mass is 32.2. The molecule has 0 aliphatic heterocycles. The molecule has 0 radical (unpaired) electrons. The highest BCUT2D eigenvalue weighted by Crippen LogP contribution is 2.33. The van der Waals surface area contributed by atoms with E-state index in [0.717, 1.165) is 3.97 Å². The van der Waals surface area contributed by atoms with Gasteiger partial charge in [-0.25, -0.2) is 17.4 Å². The molecule has 1 aromatic carbocycles. The minimum Gasteiger partial charge on any atom is -0.478 e. The van der Waals surface area contributed by atoms with Gasteiger partial charge in [-0.2, -0.15) is 0 Å². The first-order valence-electron chi connectivity index (χ1n) is 8.58. The van der Waals surface area contributed by atoms with Gasteiger partial charge in [0, 0.05) is 28.9 Å². The topological polar surface area (TPSA) is 98.2 Å². The minimum atomic E-state index is -3.84. The van der Waals surface area contributed by atoms with Crippen LogP contribution in [-0.4, -0.2) is 29.9 Å². The van der Waals surface area contributed by atoms with Gasteiger partial charge >= 0.3 is 0 Å². The molecule has 7 nitrogen and oxygen atoms in total. The molecule has 0 bridgehead atoms. The molecule has 0 amide bonds. The van der Waals surface area contributed by atoms with Crippen LogP contribution in [0.4, 0.5) is 0 Å². The van der Waals surface area contributed by atoms with Gasteiger partial charge in [0.25, 0.3) is 10.0 Å². The molecule has 4 aromatic rings. The van der Waals surface area contributed by atoms with Gasteiger partial charge in [-0.1, -0.05) is 18.2 Å². The highest BCUT2D eigenvalue weighted by Gasteiger charge is 2.23. The van der Waals surface area contributed by atoms with Crippen LogP contribution >= 0.6 is 0 Å². The summed E-state index contributed by atoms with van der Waals surface area (Å²) in [6, 6.07) is 11.6. The monoisotopic (exact) mass is 395 g/mol. The summed E-state index contributed by atoms with van der Waals surface area (Å²) in [5.74, 6) is -0.0197. The molecule has 0 saturated heterocycles. The van der Waals surface area contributed by atoms with Crippen molar-refractivity contribution in [1.29, 1.82) is 5.41 Å². The maximum Gasteiger partial charge on any atom is 0.269 e. The Hall–Kier alpha value is -3.39. The van der Waals surface area contributed by atoms with Crippen LogP contribution in [0.3, 0.4) is 0 Å². The summed E-state index contributed by atoms with van der Waals surface area (Å²) in [5, 5.41) is 8.59. The van der Waals surface area contributed by atoms with E-state index in [4.69, 9.17) is 14.6 Å². The maximum absolute atomic E-state index is 13.2. The van der Waals surface area contributed by atoms with Gasteiger partial charge in [0.05, 0.1) is 29.6 Å². The predicted octanol–water partition coefficient (Wildman–Crippen LogP) is 3.90. The fraction of sp³-hybridized carbons (Fsp3) is 0.100. The molecule has 0 aliphatic carbocycles. The van der Waals surface area contributed by atoms with Crippen LogP contribution in [0, 0.1) is 5.41 Å². The molecule has 4 rings (SSSR count). The lowest BCUT2D eigenvalue weighted by Gasteiger charge is -2.08.